The van der Waals surface area contributed by atoms with Gasteiger partial charge in [0.2, 0.25) is 5.75 Å². The first-order chi connectivity index (χ1) is 15.0. The van der Waals surface area contributed by atoms with Gasteiger partial charge in [-0.25, -0.2) is 0 Å². The zero-order chi connectivity index (χ0) is 22.4. The van der Waals surface area contributed by atoms with Gasteiger partial charge in [-0.15, -0.1) is 0 Å². The molecule has 0 aliphatic carbocycles. The molecule has 1 aliphatic rings. The minimum absolute atomic E-state index is 0.0404. The second kappa shape index (κ2) is 10.3. The summed E-state index contributed by atoms with van der Waals surface area (Å²) in [5.74, 6) is 2.95. The van der Waals surface area contributed by atoms with Gasteiger partial charge in [0.15, 0.2) is 11.5 Å². The molecule has 1 N–H and O–H groups in total. The van der Waals surface area contributed by atoms with Gasteiger partial charge in [-0.05, 0) is 24.3 Å². The molecule has 0 atom stereocenters. The Balaban J connectivity index is 1.66. The minimum Gasteiger partial charge on any atom is -0.497 e. The van der Waals surface area contributed by atoms with Gasteiger partial charge in [0.1, 0.15) is 18.0 Å². The van der Waals surface area contributed by atoms with Crippen molar-refractivity contribution in [3.05, 3.63) is 41.5 Å². The van der Waals surface area contributed by atoms with E-state index in [-0.39, 0.29) is 5.91 Å². The SMILES string of the molecule is COc1cc(C[NH+]2CCN(C(=O)c3cc(OC)c(OC)c(OC)c3)CC2)cc(OC)c1. The normalized spacial score (nSPS) is 14.2. The zero-order valence-electron chi connectivity index (χ0n) is 18.8. The predicted octanol–water partition coefficient (Wildman–Crippen LogP) is 1.27. The molecule has 0 spiro atoms. The third-order valence-electron chi connectivity index (χ3n) is 5.53. The van der Waals surface area contributed by atoms with Crippen molar-refractivity contribution in [1.29, 1.82) is 0 Å². The van der Waals surface area contributed by atoms with Crippen molar-refractivity contribution in [2.24, 2.45) is 0 Å². The molecule has 1 fully saturated rings. The van der Waals surface area contributed by atoms with Crippen molar-refractivity contribution >= 4 is 5.91 Å². The molecule has 1 aliphatic heterocycles. The smallest absolute Gasteiger partial charge is 0.254 e. The maximum atomic E-state index is 13.1. The van der Waals surface area contributed by atoms with Crippen LogP contribution in [-0.4, -0.2) is 72.5 Å². The van der Waals surface area contributed by atoms with Crippen molar-refractivity contribution in [3.63, 3.8) is 0 Å². The summed E-state index contributed by atoms with van der Waals surface area (Å²) in [5, 5.41) is 0. The number of carbonyl (C=O) groups is 1. The van der Waals surface area contributed by atoms with Gasteiger partial charge < -0.3 is 33.5 Å². The average Bonchev–Trinajstić information content (AvgIpc) is 2.82. The molecule has 0 saturated carbocycles. The lowest BCUT2D eigenvalue weighted by Crippen LogP contribution is -3.13. The van der Waals surface area contributed by atoms with Gasteiger partial charge in [0, 0.05) is 17.2 Å². The minimum atomic E-state index is -0.0404. The van der Waals surface area contributed by atoms with E-state index in [1.54, 1.807) is 47.7 Å². The number of piperazine rings is 1. The van der Waals surface area contributed by atoms with E-state index in [9.17, 15) is 4.79 Å². The lowest BCUT2D eigenvalue weighted by atomic mass is 10.1. The molecule has 8 nitrogen and oxygen atoms in total. The first-order valence-corrected chi connectivity index (χ1v) is 10.2. The highest BCUT2D eigenvalue weighted by Gasteiger charge is 2.26. The fourth-order valence-corrected chi connectivity index (χ4v) is 3.85. The Bertz CT molecular complexity index is 862. The molecule has 1 amide bonds. The number of rotatable bonds is 8. The van der Waals surface area contributed by atoms with Gasteiger partial charge in [-0.1, -0.05) is 0 Å². The molecular formula is C23H31N2O6+. The van der Waals surface area contributed by atoms with Gasteiger partial charge in [-0.3, -0.25) is 4.79 Å². The van der Waals surface area contributed by atoms with Crippen LogP contribution in [0.4, 0.5) is 0 Å². The molecule has 0 radical (unpaired) electrons. The van der Waals surface area contributed by atoms with E-state index in [1.165, 1.54) is 4.90 Å². The van der Waals surface area contributed by atoms with Crippen LogP contribution in [0, 0.1) is 0 Å². The van der Waals surface area contributed by atoms with Crippen LogP contribution >= 0.6 is 0 Å². The molecule has 2 aromatic rings. The summed E-state index contributed by atoms with van der Waals surface area (Å²) < 4.78 is 26.8. The lowest BCUT2D eigenvalue weighted by molar-refractivity contribution is -0.917. The Morgan fingerprint density at radius 1 is 0.806 bits per heavy atom. The van der Waals surface area contributed by atoms with Gasteiger partial charge in [0.05, 0.1) is 61.7 Å². The topological polar surface area (TPSA) is 70.9 Å². The van der Waals surface area contributed by atoms with Crippen molar-refractivity contribution in [1.82, 2.24) is 4.90 Å². The fourth-order valence-electron chi connectivity index (χ4n) is 3.85. The first-order valence-electron chi connectivity index (χ1n) is 10.2. The number of nitrogens with zero attached hydrogens (tertiary/aromatic N) is 1. The van der Waals surface area contributed by atoms with Crippen LogP contribution in [0.25, 0.3) is 0 Å². The number of hydrogen-bond donors (Lipinski definition) is 1. The monoisotopic (exact) mass is 431 g/mol. The fraction of sp³-hybridized carbons (Fsp3) is 0.435. The molecule has 3 rings (SSSR count). The highest BCUT2D eigenvalue weighted by molar-refractivity contribution is 5.95. The van der Waals surface area contributed by atoms with Crippen LogP contribution < -0.4 is 28.6 Å². The third-order valence-corrected chi connectivity index (χ3v) is 5.53. The number of carbonyl (C=O) groups excluding carboxylic acids is 1. The summed E-state index contributed by atoms with van der Waals surface area (Å²) in [6, 6.07) is 9.33. The van der Waals surface area contributed by atoms with Crippen LogP contribution in [-0.2, 0) is 6.54 Å². The predicted molar refractivity (Wildman–Crippen MR) is 116 cm³/mol. The summed E-state index contributed by atoms with van der Waals surface area (Å²) in [6.45, 7) is 3.91. The number of hydrogen-bond acceptors (Lipinski definition) is 6. The molecule has 168 valence electrons. The Morgan fingerprint density at radius 3 is 1.81 bits per heavy atom. The molecule has 0 aromatic heterocycles. The Hall–Kier alpha value is -3.13. The number of nitrogens with one attached hydrogen (secondary N) is 1. The Morgan fingerprint density at radius 2 is 1.35 bits per heavy atom. The largest absolute Gasteiger partial charge is 0.497 e. The summed E-state index contributed by atoms with van der Waals surface area (Å²) in [6.07, 6.45) is 0. The number of quaternary nitrogens is 1. The van der Waals surface area contributed by atoms with Crippen molar-refractivity contribution < 1.29 is 33.4 Å². The number of methoxy groups -OCH3 is 5. The molecule has 0 unspecified atom stereocenters. The van der Waals surface area contributed by atoms with Gasteiger partial charge in [-0.2, -0.15) is 0 Å². The first kappa shape index (κ1) is 22.6. The van der Waals surface area contributed by atoms with E-state index < -0.39 is 0 Å². The van der Waals surface area contributed by atoms with E-state index >= 15 is 0 Å². The summed E-state index contributed by atoms with van der Waals surface area (Å²) in [7, 11) is 7.93. The third kappa shape index (κ3) is 5.14. The van der Waals surface area contributed by atoms with Crippen LogP contribution in [0.15, 0.2) is 30.3 Å². The average molecular weight is 432 g/mol. The maximum absolute atomic E-state index is 13.1. The molecule has 8 heteroatoms. The summed E-state index contributed by atoms with van der Waals surface area (Å²) in [4.78, 5) is 16.4. The highest BCUT2D eigenvalue weighted by atomic mass is 16.5. The number of benzene rings is 2. The van der Waals surface area contributed by atoms with Crippen LogP contribution in [0.3, 0.4) is 0 Å². The number of ether oxygens (including phenoxy) is 5. The summed E-state index contributed by atoms with van der Waals surface area (Å²) >= 11 is 0. The standard InChI is InChI=1S/C23H30N2O6/c1-27-18-10-16(11-19(14-18)28-2)15-24-6-8-25(9-7-24)23(26)17-12-20(29-3)22(31-5)21(13-17)30-4/h10-14H,6-9,15H2,1-5H3/p+1. The second-order valence-corrected chi connectivity index (χ2v) is 7.35. The molecular weight excluding hydrogens is 400 g/mol. The van der Waals surface area contributed by atoms with Crippen molar-refractivity contribution in [2.75, 3.05) is 61.7 Å². The summed E-state index contributed by atoms with van der Waals surface area (Å²) in [5.41, 5.74) is 1.67. The number of amides is 1. The van der Waals surface area contributed by atoms with Gasteiger partial charge in [0.25, 0.3) is 5.91 Å². The Labute approximate surface area is 183 Å². The highest BCUT2D eigenvalue weighted by Crippen LogP contribution is 2.38. The van der Waals surface area contributed by atoms with Crippen molar-refractivity contribution in [3.8, 4) is 28.7 Å². The Kier molecular flexibility index (Phi) is 7.46. The quantitative estimate of drug-likeness (QED) is 0.679. The van der Waals surface area contributed by atoms with E-state index in [2.05, 4.69) is 0 Å². The van der Waals surface area contributed by atoms with E-state index in [0.717, 1.165) is 36.7 Å². The molecule has 31 heavy (non-hydrogen) atoms. The molecule has 1 saturated heterocycles. The van der Waals surface area contributed by atoms with E-state index in [0.29, 0.717) is 35.9 Å². The zero-order valence-corrected chi connectivity index (χ0v) is 18.8. The lowest BCUT2D eigenvalue weighted by Gasteiger charge is -2.32. The van der Waals surface area contributed by atoms with E-state index in [1.807, 2.05) is 23.1 Å². The second-order valence-electron chi connectivity index (χ2n) is 7.35. The van der Waals surface area contributed by atoms with Crippen molar-refractivity contribution in [2.45, 2.75) is 6.54 Å². The molecule has 2 aromatic carbocycles. The van der Waals surface area contributed by atoms with Crippen LogP contribution in [0.5, 0.6) is 28.7 Å². The van der Waals surface area contributed by atoms with Crippen LogP contribution in [0.2, 0.25) is 0 Å². The van der Waals surface area contributed by atoms with Crippen LogP contribution in [0.1, 0.15) is 15.9 Å². The van der Waals surface area contributed by atoms with Gasteiger partial charge >= 0.3 is 0 Å². The van der Waals surface area contributed by atoms with E-state index in [4.69, 9.17) is 23.7 Å². The molecule has 0 bridgehead atoms. The maximum Gasteiger partial charge on any atom is 0.254 e. The molecule has 1 heterocycles.